The zero-order chi connectivity index (χ0) is 11.5. The van der Waals surface area contributed by atoms with Crippen molar-refractivity contribution >= 4 is 11.3 Å². The standard InChI is InChI=1S/C13H16O2S/c1-9-8-12(10(2)15-9)13(14)6-5-11-4-3-7-16-11/h3-4,7-8,13-14H,5-6H2,1-2H3. The normalized spacial score (nSPS) is 12.9. The summed E-state index contributed by atoms with van der Waals surface area (Å²) in [6.45, 7) is 3.80. The molecule has 1 N–H and O–H groups in total. The Hall–Kier alpha value is -1.06. The zero-order valence-electron chi connectivity index (χ0n) is 9.56. The number of rotatable bonds is 4. The first-order valence-corrected chi connectivity index (χ1v) is 6.32. The maximum absolute atomic E-state index is 10.1. The lowest BCUT2D eigenvalue weighted by Gasteiger charge is -2.08. The van der Waals surface area contributed by atoms with Crippen LogP contribution < -0.4 is 0 Å². The lowest BCUT2D eigenvalue weighted by atomic mass is 10.1. The van der Waals surface area contributed by atoms with E-state index in [0.717, 1.165) is 29.9 Å². The summed E-state index contributed by atoms with van der Waals surface area (Å²) in [6, 6.07) is 6.07. The molecule has 2 rings (SSSR count). The van der Waals surface area contributed by atoms with Gasteiger partial charge in [-0.25, -0.2) is 0 Å². The minimum atomic E-state index is -0.417. The molecular weight excluding hydrogens is 220 g/mol. The Morgan fingerprint density at radius 3 is 2.81 bits per heavy atom. The van der Waals surface area contributed by atoms with Crippen molar-refractivity contribution in [2.75, 3.05) is 0 Å². The molecule has 86 valence electrons. The van der Waals surface area contributed by atoms with Crippen LogP contribution in [-0.4, -0.2) is 5.11 Å². The molecule has 0 aromatic carbocycles. The van der Waals surface area contributed by atoms with E-state index < -0.39 is 6.10 Å². The molecule has 0 aliphatic heterocycles. The van der Waals surface area contributed by atoms with Gasteiger partial charge in [-0.15, -0.1) is 11.3 Å². The molecular formula is C13H16O2S. The third kappa shape index (κ3) is 2.54. The van der Waals surface area contributed by atoms with E-state index in [1.165, 1.54) is 4.88 Å². The highest BCUT2D eigenvalue weighted by atomic mass is 32.1. The highest BCUT2D eigenvalue weighted by Gasteiger charge is 2.14. The van der Waals surface area contributed by atoms with E-state index in [1.54, 1.807) is 11.3 Å². The van der Waals surface area contributed by atoms with E-state index in [1.807, 2.05) is 26.0 Å². The van der Waals surface area contributed by atoms with Gasteiger partial charge in [-0.3, -0.25) is 0 Å². The van der Waals surface area contributed by atoms with Gasteiger partial charge in [0.05, 0.1) is 6.10 Å². The molecule has 0 aliphatic carbocycles. The summed E-state index contributed by atoms with van der Waals surface area (Å²) in [4.78, 5) is 1.32. The Morgan fingerprint density at radius 1 is 1.44 bits per heavy atom. The second-order valence-electron chi connectivity index (χ2n) is 4.00. The van der Waals surface area contributed by atoms with Crippen molar-refractivity contribution in [2.45, 2.75) is 32.8 Å². The maximum atomic E-state index is 10.1. The molecule has 0 fully saturated rings. The van der Waals surface area contributed by atoms with Crippen molar-refractivity contribution in [3.05, 3.63) is 45.5 Å². The summed E-state index contributed by atoms with van der Waals surface area (Å²) in [6.07, 6.45) is 1.25. The van der Waals surface area contributed by atoms with E-state index in [-0.39, 0.29) is 0 Å². The molecule has 1 unspecified atom stereocenters. The van der Waals surface area contributed by atoms with Crippen molar-refractivity contribution in [1.82, 2.24) is 0 Å². The molecule has 0 bridgehead atoms. The number of thiophene rings is 1. The van der Waals surface area contributed by atoms with Gasteiger partial charge in [0.1, 0.15) is 11.5 Å². The molecule has 0 amide bonds. The fourth-order valence-electron chi connectivity index (χ4n) is 1.87. The predicted octanol–water partition coefficient (Wildman–Crippen LogP) is 3.62. The molecule has 0 aliphatic rings. The number of furan rings is 1. The van der Waals surface area contributed by atoms with Crippen LogP contribution in [0, 0.1) is 13.8 Å². The predicted molar refractivity (Wildman–Crippen MR) is 65.8 cm³/mol. The van der Waals surface area contributed by atoms with Crippen LogP contribution in [0.5, 0.6) is 0 Å². The smallest absolute Gasteiger partial charge is 0.106 e. The summed E-state index contributed by atoms with van der Waals surface area (Å²) in [5.74, 6) is 1.69. The Morgan fingerprint density at radius 2 is 2.25 bits per heavy atom. The molecule has 2 heterocycles. The van der Waals surface area contributed by atoms with Gasteiger partial charge in [-0.1, -0.05) is 6.07 Å². The van der Waals surface area contributed by atoms with Gasteiger partial charge in [-0.05, 0) is 44.2 Å². The van der Waals surface area contributed by atoms with Gasteiger partial charge < -0.3 is 9.52 Å². The number of aryl methyl sites for hydroxylation is 3. The van der Waals surface area contributed by atoms with E-state index in [4.69, 9.17) is 4.42 Å². The Kier molecular flexibility index (Phi) is 3.46. The lowest BCUT2D eigenvalue weighted by Crippen LogP contribution is -1.99. The van der Waals surface area contributed by atoms with Crippen molar-refractivity contribution in [3.63, 3.8) is 0 Å². The fourth-order valence-corrected chi connectivity index (χ4v) is 2.60. The van der Waals surface area contributed by atoms with E-state index >= 15 is 0 Å². The van der Waals surface area contributed by atoms with Crippen LogP contribution in [0.25, 0.3) is 0 Å². The second kappa shape index (κ2) is 4.85. The maximum Gasteiger partial charge on any atom is 0.106 e. The lowest BCUT2D eigenvalue weighted by molar-refractivity contribution is 0.166. The topological polar surface area (TPSA) is 33.4 Å². The van der Waals surface area contributed by atoms with Crippen LogP contribution in [0.1, 0.15) is 34.5 Å². The molecule has 2 aromatic heterocycles. The fraction of sp³-hybridized carbons (Fsp3) is 0.385. The Labute approximate surface area is 99.5 Å². The van der Waals surface area contributed by atoms with Gasteiger partial charge in [0.15, 0.2) is 0 Å². The number of hydrogen-bond acceptors (Lipinski definition) is 3. The summed E-state index contributed by atoms with van der Waals surface area (Å²) < 4.78 is 5.42. The van der Waals surface area contributed by atoms with Crippen LogP contribution >= 0.6 is 11.3 Å². The van der Waals surface area contributed by atoms with Gasteiger partial charge >= 0.3 is 0 Å². The zero-order valence-corrected chi connectivity index (χ0v) is 10.4. The van der Waals surface area contributed by atoms with Crippen molar-refractivity contribution in [3.8, 4) is 0 Å². The first-order valence-electron chi connectivity index (χ1n) is 5.44. The van der Waals surface area contributed by atoms with Gasteiger partial charge in [-0.2, -0.15) is 0 Å². The molecule has 1 atom stereocenters. The monoisotopic (exact) mass is 236 g/mol. The summed E-state index contributed by atoms with van der Waals surface area (Å²) in [5.41, 5.74) is 0.925. The molecule has 0 saturated carbocycles. The quantitative estimate of drug-likeness (QED) is 0.879. The van der Waals surface area contributed by atoms with Crippen LogP contribution in [0.2, 0.25) is 0 Å². The minimum absolute atomic E-state index is 0.417. The number of hydrogen-bond donors (Lipinski definition) is 1. The molecule has 2 aromatic rings. The molecule has 0 saturated heterocycles. The second-order valence-corrected chi connectivity index (χ2v) is 5.03. The summed E-state index contributed by atoms with van der Waals surface area (Å²) in [5, 5.41) is 12.1. The molecule has 0 spiro atoms. The SMILES string of the molecule is Cc1cc(C(O)CCc2cccs2)c(C)o1. The van der Waals surface area contributed by atoms with Crippen LogP contribution in [0.15, 0.2) is 28.0 Å². The Bertz CT molecular complexity index is 442. The van der Waals surface area contributed by atoms with E-state index in [0.29, 0.717) is 0 Å². The number of aliphatic hydroxyl groups excluding tert-OH is 1. The van der Waals surface area contributed by atoms with Crippen LogP contribution in [0.3, 0.4) is 0 Å². The molecule has 2 nitrogen and oxygen atoms in total. The first-order chi connectivity index (χ1) is 7.66. The van der Waals surface area contributed by atoms with Crippen molar-refractivity contribution in [2.24, 2.45) is 0 Å². The molecule has 16 heavy (non-hydrogen) atoms. The number of aliphatic hydroxyl groups is 1. The Balaban J connectivity index is 1.98. The minimum Gasteiger partial charge on any atom is -0.466 e. The first kappa shape index (κ1) is 11.4. The van der Waals surface area contributed by atoms with E-state index in [9.17, 15) is 5.11 Å². The largest absolute Gasteiger partial charge is 0.466 e. The third-order valence-corrected chi connectivity index (χ3v) is 3.62. The average Bonchev–Trinajstić information content (AvgIpc) is 2.84. The van der Waals surface area contributed by atoms with Gasteiger partial charge in [0.2, 0.25) is 0 Å². The highest BCUT2D eigenvalue weighted by Crippen LogP contribution is 2.25. The average molecular weight is 236 g/mol. The summed E-state index contributed by atoms with van der Waals surface area (Å²) >= 11 is 1.73. The van der Waals surface area contributed by atoms with Crippen LogP contribution in [0.4, 0.5) is 0 Å². The molecule has 0 radical (unpaired) electrons. The van der Waals surface area contributed by atoms with Gasteiger partial charge in [0, 0.05) is 10.4 Å². The third-order valence-electron chi connectivity index (χ3n) is 2.68. The van der Waals surface area contributed by atoms with Crippen molar-refractivity contribution < 1.29 is 9.52 Å². The van der Waals surface area contributed by atoms with Crippen molar-refractivity contribution in [1.29, 1.82) is 0 Å². The molecule has 3 heteroatoms. The summed E-state index contributed by atoms with van der Waals surface area (Å²) in [7, 11) is 0. The van der Waals surface area contributed by atoms with Gasteiger partial charge in [0.25, 0.3) is 0 Å². The highest BCUT2D eigenvalue weighted by molar-refractivity contribution is 7.09. The van der Waals surface area contributed by atoms with Crippen LogP contribution in [-0.2, 0) is 6.42 Å². The van der Waals surface area contributed by atoms with E-state index in [2.05, 4.69) is 11.4 Å².